The van der Waals surface area contributed by atoms with Crippen molar-refractivity contribution in [1.29, 1.82) is 0 Å². The van der Waals surface area contributed by atoms with Gasteiger partial charge in [0.25, 0.3) is 0 Å². The monoisotopic (exact) mass is 324 g/mol. The summed E-state index contributed by atoms with van der Waals surface area (Å²) in [6.07, 6.45) is 1.82. The summed E-state index contributed by atoms with van der Waals surface area (Å²) in [5, 5.41) is 6.44. The van der Waals surface area contributed by atoms with E-state index >= 15 is 0 Å². The molecule has 0 aliphatic carbocycles. The average molecular weight is 325 g/mol. The van der Waals surface area contributed by atoms with Gasteiger partial charge in [-0.25, -0.2) is 0 Å². The second-order valence-corrected chi connectivity index (χ2v) is 6.47. The molecule has 1 amide bonds. The fraction of sp³-hybridized carbons (Fsp3) is 0.533. The van der Waals surface area contributed by atoms with Crippen LogP contribution in [0.5, 0.6) is 0 Å². The summed E-state index contributed by atoms with van der Waals surface area (Å²) in [6.45, 7) is 5.95. The van der Waals surface area contributed by atoms with Crippen LogP contribution in [0.1, 0.15) is 38.3 Å². The van der Waals surface area contributed by atoms with Gasteiger partial charge in [-0.3, -0.25) is 4.79 Å². The number of carbonyl (C=O) groups excluding carboxylic acids is 1. The Kier molecular flexibility index (Phi) is 4.63. The van der Waals surface area contributed by atoms with Gasteiger partial charge in [0, 0.05) is 9.89 Å². The van der Waals surface area contributed by atoms with Gasteiger partial charge in [-0.05, 0) is 50.6 Å². The summed E-state index contributed by atoms with van der Waals surface area (Å²) in [4.78, 5) is 12.4. The molecule has 0 saturated carbocycles. The number of hydrogen-bond donors (Lipinski definition) is 2. The Morgan fingerprint density at radius 2 is 1.89 bits per heavy atom. The predicted molar refractivity (Wildman–Crippen MR) is 80.9 cm³/mol. The van der Waals surface area contributed by atoms with Gasteiger partial charge < -0.3 is 10.6 Å². The third-order valence-electron chi connectivity index (χ3n) is 3.97. The summed E-state index contributed by atoms with van der Waals surface area (Å²) in [6, 6.07) is 8.14. The van der Waals surface area contributed by atoms with Crippen LogP contribution in [0.2, 0.25) is 0 Å². The fourth-order valence-electron chi connectivity index (χ4n) is 2.41. The molecule has 2 N–H and O–H groups in total. The zero-order chi connectivity index (χ0) is 13.9. The summed E-state index contributed by atoms with van der Waals surface area (Å²) >= 11 is 3.42. The van der Waals surface area contributed by atoms with Crippen LogP contribution in [-0.4, -0.2) is 19.0 Å². The lowest BCUT2D eigenvalue weighted by atomic mass is 9.80. The van der Waals surface area contributed by atoms with Gasteiger partial charge in [0.15, 0.2) is 0 Å². The number of nitrogens with one attached hydrogen (secondary N) is 2. The average Bonchev–Trinajstić information content (AvgIpc) is 2.40. The fourth-order valence-corrected chi connectivity index (χ4v) is 2.68. The van der Waals surface area contributed by atoms with Crippen molar-refractivity contribution in [2.24, 2.45) is 5.41 Å². The second kappa shape index (κ2) is 6.06. The lowest BCUT2D eigenvalue weighted by Crippen LogP contribution is -2.46. The number of halogens is 1. The molecule has 2 rings (SSSR count). The van der Waals surface area contributed by atoms with E-state index in [9.17, 15) is 4.79 Å². The number of hydrogen-bond acceptors (Lipinski definition) is 2. The van der Waals surface area contributed by atoms with Crippen LogP contribution in [0, 0.1) is 5.41 Å². The molecule has 1 heterocycles. The highest BCUT2D eigenvalue weighted by Crippen LogP contribution is 2.29. The highest BCUT2D eigenvalue weighted by atomic mass is 79.9. The molecule has 1 aliphatic rings. The van der Waals surface area contributed by atoms with Crippen LogP contribution in [0.3, 0.4) is 0 Å². The zero-order valence-electron chi connectivity index (χ0n) is 11.5. The van der Waals surface area contributed by atoms with Crippen LogP contribution in [0.4, 0.5) is 0 Å². The molecule has 1 aliphatic heterocycles. The van der Waals surface area contributed by atoms with E-state index in [1.54, 1.807) is 0 Å². The van der Waals surface area contributed by atoms with E-state index in [0.29, 0.717) is 0 Å². The number of piperidine rings is 1. The Balaban J connectivity index is 2.00. The summed E-state index contributed by atoms with van der Waals surface area (Å²) < 4.78 is 1.06. The van der Waals surface area contributed by atoms with Gasteiger partial charge in [0.2, 0.25) is 5.91 Å². The number of rotatable bonds is 3. The van der Waals surface area contributed by atoms with Crippen LogP contribution in [0.15, 0.2) is 28.7 Å². The number of amides is 1. The molecule has 1 aromatic rings. The normalized spacial score (nSPS) is 19.7. The maximum Gasteiger partial charge on any atom is 0.226 e. The Hall–Kier alpha value is -0.870. The minimum atomic E-state index is -0.227. The first-order valence-electron chi connectivity index (χ1n) is 6.78. The summed E-state index contributed by atoms with van der Waals surface area (Å²) in [5.41, 5.74) is 0.906. The van der Waals surface area contributed by atoms with E-state index in [0.717, 1.165) is 36.0 Å². The third-order valence-corrected chi connectivity index (χ3v) is 4.50. The van der Waals surface area contributed by atoms with Crippen LogP contribution >= 0.6 is 15.9 Å². The van der Waals surface area contributed by atoms with E-state index in [1.807, 2.05) is 31.2 Å². The minimum absolute atomic E-state index is 0.0484. The summed E-state index contributed by atoms with van der Waals surface area (Å²) in [7, 11) is 0. The molecule has 0 spiro atoms. The van der Waals surface area contributed by atoms with Gasteiger partial charge in [0.05, 0.1) is 6.04 Å². The van der Waals surface area contributed by atoms with E-state index in [2.05, 4.69) is 33.5 Å². The molecule has 0 aromatic heterocycles. The first-order valence-corrected chi connectivity index (χ1v) is 7.58. The third kappa shape index (κ3) is 3.57. The molecule has 104 valence electrons. The lowest BCUT2D eigenvalue weighted by Gasteiger charge is -2.33. The Labute approximate surface area is 123 Å². The maximum absolute atomic E-state index is 12.4. The van der Waals surface area contributed by atoms with E-state index in [4.69, 9.17) is 0 Å². The van der Waals surface area contributed by atoms with Crippen molar-refractivity contribution >= 4 is 21.8 Å². The molecule has 3 nitrogen and oxygen atoms in total. The van der Waals surface area contributed by atoms with Crippen molar-refractivity contribution in [2.75, 3.05) is 13.1 Å². The van der Waals surface area contributed by atoms with Crippen molar-refractivity contribution < 1.29 is 4.79 Å². The minimum Gasteiger partial charge on any atom is -0.349 e. The predicted octanol–water partition coefficient (Wildman–Crippen LogP) is 3.02. The van der Waals surface area contributed by atoms with Crippen LogP contribution in [-0.2, 0) is 4.79 Å². The van der Waals surface area contributed by atoms with Crippen molar-refractivity contribution in [3.8, 4) is 0 Å². The van der Waals surface area contributed by atoms with Gasteiger partial charge in [0.1, 0.15) is 0 Å². The molecule has 4 heteroatoms. The van der Waals surface area contributed by atoms with Gasteiger partial charge in [-0.15, -0.1) is 0 Å². The van der Waals surface area contributed by atoms with E-state index in [1.165, 1.54) is 0 Å². The molecule has 1 saturated heterocycles. The first kappa shape index (κ1) is 14.5. The van der Waals surface area contributed by atoms with Crippen LogP contribution < -0.4 is 10.6 Å². The topological polar surface area (TPSA) is 41.1 Å². The number of carbonyl (C=O) groups is 1. The van der Waals surface area contributed by atoms with Gasteiger partial charge in [-0.2, -0.15) is 0 Å². The van der Waals surface area contributed by atoms with Gasteiger partial charge in [-0.1, -0.05) is 35.0 Å². The smallest absolute Gasteiger partial charge is 0.226 e. The molecule has 1 atom stereocenters. The van der Waals surface area contributed by atoms with Crippen molar-refractivity contribution in [2.45, 2.75) is 32.7 Å². The molecule has 19 heavy (non-hydrogen) atoms. The molecule has 1 aromatic carbocycles. The molecule has 0 bridgehead atoms. The van der Waals surface area contributed by atoms with E-state index in [-0.39, 0.29) is 17.4 Å². The Morgan fingerprint density at radius 1 is 1.32 bits per heavy atom. The molecule has 0 unspecified atom stereocenters. The highest BCUT2D eigenvalue weighted by Gasteiger charge is 2.35. The second-order valence-electron chi connectivity index (χ2n) is 5.56. The van der Waals surface area contributed by atoms with Crippen molar-refractivity contribution in [3.05, 3.63) is 34.3 Å². The molecule has 0 radical (unpaired) electrons. The van der Waals surface area contributed by atoms with E-state index < -0.39 is 0 Å². The standard InChI is InChI=1S/C15H21BrN2O/c1-11(12-3-5-13(16)6-4-12)18-14(19)15(2)7-9-17-10-8-15/h3-6,11,17H,7-10H2,1-2H3,(H,18,19)/t11-/m1/s1. The SMILES string of the molecule is C[C@@H](NC(=O)C1(C)CCNCC1)c1ccc(Br)cc1. The Morgan fingerprint density at radius 3 is 2.47 bits per heavy atom. The van der Waals surface area contributed by atoms with Crippen molar-refractivity contribution in [1.82, 2.24) is 10.6 Å². The maximum atomic E-state index is 12.4. The van der Waals surface area contributed by atoms with Gasteiger partial charge >= 0.3 is 0 Å². The molecule has 1 fully saturated rings. The Bertz CT molecular complexity index is 438. The zero-order valence-corrected chi connectivity index (χ0v) is 13.1. The summed E-state index contributed by atoms with van der Waals surface area (Å²) in [5.74, 6) is 0.171. The number of benzene rings is 1. The lowest BCUT2D eigenvalue weighted by molar-refractivity contribution is -0.132. The molecular weight excluding hydrogens is 304 g/mol. The van der Waals surface area contributed by atoms with Crippen LogP contribution in [0.25, 0.3) is 0 Å². The molecular formula is C15H21BrN2O. The quantitative estimate of drug-likeness (QED) is 0.897. The van der Waals surface area contributed by atoms with Crippen molar-refractivity contribution in [3.63, 3.8) is 0 Å². The first-order chi connectivity index (χ1) is 9.01. The largest absolute Gasteiger partial charge is 0.349 e. The highest BCUT2D eigenvalue weighted by molar-refractivity contribution is 9.10.